The highest BCUT2D eigenvalue weighted by Crippen LogP contribution is 2.30. The number of piperidine rings is 1. The van der Waals surface area contributed by atoms with Crippen LogP contribution in [-0.2, 0) is 20.7 Å². The van der Waals surface area contributed by atoms with Crippen molar-refractivity contribution in [3.63, 3.8) is 0 Å². The zero-order valence-corrected chi connectivity index (χ0v) is 12.5. The predicted molar refractivity (Wildman–Crippen MR) is 74.7 cm³/mol. The van der Waals surface area contributed by atoms with Crippen LogP contribution in [0.15, 0.2) is 5.38 Å². The minimum Gasteiger partial charge on any atom is -0.469 e. The summed E-state index contributed by atoms with van der Waals surface area (Å²) >= 11 is 1.57. The van der Waals surface area contributed by atoms with E-state index in [1.54, 1.807) is 18.4 Å². The molecular weight excluding hydrogens is 264 g/mol. The number of nitrogens with zero attached hydrogens (tertiary/aromatic N) is 2. The highest BCUT2D eigenvalue weighted by atomic mass is 32.1. The Balaban J connectivity index is 2.04. The average Bonchev–Trinajstić information content (AvgIpc) is 2.87. The zero-order chi connectivity index (χ0) is 13.9. The number of ether oxygens (including phenoxy) is 2. The Kier molecular flexibility index (Phi) is 4.42. The van der Waals surface area contributed by atoms with E-state index in [2.05, 4.69) is 21.5 Å². The monoisotopic (exact) mass is 284 g/mol. The summed E-state index contributed by atoms with van der Waals surface area (Å²) in [6.45, 7) is 3.96. The molecule has 0 saturated carbocycles. The van der Waals surface area contributed by atoms with Crippen LogP contribution in [-0.4, -0.2) is 43.9 Å². The molecule has 5 nitrogen and oxygen atoms in total. The van der Waals surface area contributed by atoms with Crippen molar-refractivity contribution in [2.45, 2.75) is 31.8 Å². The van der Waals surface area contributed by atoms with Gasteiger partial charge in [0.1, 0.15) is 0 Å². The number of hydrogen-bond acceptors (Lipinski definition) is 6. The number of rotatable bonds is 4. The number of anilines is 1. The first kappa shape index (κ1) is 14.3. The molecule has 1 fully saturated rings. The van der Waals surface area contributed by atoms with Crippen molar-refractivity contribution in [3.05, 3.63) is 11.1 Å². The first-order valence-electron chi connectivity index (χ1n) is 6.37. The summed E-state index contributed by atoms with van der Waals surface area (Å²) in [7, 11) is 3.15. The Labute approximate surface area is 117 Å². The SMILES string of the molecule is COC(=O)Cc1csc(N2CCCC(C)(OC)C2)n1. The van der Waals surface area contributed by atoms with E-state index < -0.39 is 0 Å². The molecule has 0 radical (unpaired) electrons. The van der Waals surface area contributed by atoms with Gasteiger partial charge in [-0.15, -0.1) is 11.3 Å². The van der Waals surface area contributed by atoms with Crippen LogP contribution < -0.4 is 4.90 Å². The smallest absolute Gasteiger partial charge is 0.311 e. The number of thiazole rings is 1. The lowest BCUT2D eigenvalue weighted by Gasteiger charge is -2.39. The normalized spacial score (nSPS) is 23.4. The van der Waals surface area contributed by atoms with Crippen molar-refractivity contribution >= 4 is 22.4 Å². The highest BCUT2D eigenvalue weighted by molar-refractivity contribution is 7.13. The molecule has 0 spiro atoms. The third kappa shape index (κ3) is 3.45. The molecule has 1 aliphatic rings. The molecule has 2 heterocycles. The maximum absolute atomic E-state index is 11.2. The van der Waals surface area contributed by atoms with Crippen LogP contribution in [0.25, 0.3) is 0 Å². The first-order chi connectivity index (χ1) is 9.06. The zero-order valence-electron chi connectivity index (χ0n) is 11.6. The van der Waals surface area contributed by atoms with E-state index in [-0.39, 0.29) is 18.0 Å². The van der Waals surface area contributed by atoms with Gasteiger partial charge in [-0.05, 0) is 19.8 Å². The minimum absolute atomic E-state index is 0.105. The molecular formula is C13H20N2O3S. The first-order valence-corrected chi connectivity index (χ1v) is 7.25. The molecule has 0 bridgehead atoms. The number of carbonyl (C=O) groups is 1. The summed E-state index contributed by atoms with van der Waals surface area (Å²) in [4.78, 5) is 18.0. The largest absolute Gasteiger partial charge is 0.469 e. The molecule has 106 valence electrons. The Morgan fingerprint density at radius 2 is 2.37 bits per heavy atom. The van der Waals surface area contributed by atoms with Crippen LogP contribution in [0.3, 0.4) is 0 Å². The topological polar surface area (TPSA) is 51.7 Å². The van der Waals surface area contributed by atoms with Crippen LogP contribution >= 0.6 is 11.3 Å². The van der Waals surface area contributed by atoms with Crippen LogP contribution in [0, 0.1) is 0 Å². The van der Waals surface area contributed by atoms with E-state index >= 15 is 0 Å². The van der Waals surface area contributed by atoms with Crippen LogP contribution in [0.5, 0.6) is 0 Å². The molecule has 1 saturated heterocycles. The highest BCUT2D eigenvalue weighted by Gasteiger charge is 2.31. The van der Waals surface area contributed by atoms with Gasteiger partial charge < -0.3 is 14.4 Å². The second-order valence-corrected chi connectivity index (χ2v) is 5.89. The number of esters is 1. The second kappa shape index (κ2) is 5.88. The molecule has 1 unspecified atom stereocenters. The summed E-state index contributed by atoms with van der Waals surface area (Å²) in [6.07, 6.45) is 2.40. The molecule has 0 N–H and O–H groups in total. The average molecular weight is 284 g/mol. The molecule has 1 atom stereocenters. The third-order valence-corrected chi connectivity index (χ3v) is 4.47. The van der Waals surface area contributed by atoms with E-state index in [0.717, 1.165) is 36.8 Å². The summed E-state index contributed by atoms with van der Waals surface area (Å²) in [5.41, 5.74) is 0.670. The molecule has 2 rings (SSSR count). The molecule has 19 heavy (non-hydrogen) atoms. The lowest BCUT2D eigenvalue weighted by Crippen LogP contribution is -2.47. The van der Waals surface area contributed by atoms with Crippen LogP contribution in [0.1, 0.15) is 25.5 Å². The summed E-state index contributed by atoms with van der Waals surface area (Å²) in [5.74, 6) is -0.253. The predicted octanol–water partition coefficient (Wildman–Crippen LogP) is 1.86. The third-order valence-electron chi connectivity index (χ3n) is 3.52. The minimum atomic E-state index is -0.253. The Bertz CT molecular complexity index is 449. The van der Waals surface area contributed by atoms with Crippen molar-refractivity contribution in [1.29, 1.82) is 0 Å². The van der Waals surface area contributed by atoms with Gasteiger partial charge in [-0.3, -0.25) is 4.79 Å². The van der Waals surface area contributed by atoms with Gasteiger partial charge in [0.25, 0.3) is 0 Å². The van der Waals surface area contributed by atoms with Gasteiger partial charge in [-0.25, -0.2) is 4.98 Å². The van der Waals surface area contributed by atoms with Crippen molar-refractivity contribution < 1.29 is 14.3 Å². The van der Waals surface area contributed by atoms with Gasteiger partial charge in [0.15, 0.2) is 5.13 Å². The number of carbonyl (C=O) groups excluding carboxylic acids is 1. The lowest BCUT2D eigenvalue weighted by atomic mass is 9.95. The Morgan fingerprint density at radius 1 is 1.58 bits per heavy atom. The van der Waals surface area contributed by atoms with Gasteiger partial charge in [-0.1, -0.05) is 0 Å². The van der Waals surface area contributed by atoms with Gasteiger partial charge >= 0.3 is 5.97 Å². The fourth-order valence-corrected chi connectivity index (χ4v) is 3.13. The van der Waals surface area contributed by atoms with Crippen LogP contribution in [0.2, 0.25) is 0 Å². The summed E-state index contributed by atoms with van der Waals surface area (Å²) < 4.78 is 10.2. The maximum atomic E-state index is 11.2. The van der Waals surface area contributed by atoms with Crippen molar-refractivity contribution in [3.8, 4) is 0 Å². The van der Waals surface area contributed by atoms with Gasteiger partial charge in [-0.2, -0.15) is 0 Å². The standard InChI is InChI=1S/C13H20N2O3S/c1-13(18-3)5-4-6-15(9-13)12-14-10(8-19-12)7-11(16)17-2/h8H,4-7,9H2,1-3H3. The quantitative estimate of drug-likeness (QED) is 0.790. The number of aromatic nitrogens is 1. The lowest BCUT2D eigenvalue weighted by molar-refractivity contribution is -0.139. The van der Waals surface area contributed by atoms with E-state index in [1.165, 1.54) is 7.11 Å². The molecule has 1 aromatic rings. The van der Waals surface area contributed by atoms with Crippen molar-refractivity contribution in [2.75, 3.05) is 32.2 Å². The number of methoxy groups -OCH3 is 2. The van der Waals surface area contributed by atoms with Gasteiger partial charge in [0.2, 0.25) is 0 Å². The molecule has 6 heteroatoms. The molecule has 0 aliphatic carbocycles. The maximum Gasteiger partial charge on any atom is 0.311 e. The molecule has 1 aliphatic heterocycles. The molecule has 0 amide bonds. The fourth-order valence-electron chi connectivity index (χ4n) is 2.28. The van der Waals surface area contributed by atoms with Crippen molar-refractivity contribution in [1.82, 2.24) is 4.98 Å². The van der Waals surface area contributed by atoms with Gasteiger partial charge in [0.05, 0.1) is 24.8 Å². The summed E-state index contributed by atoms with van der Waals surface area (Å²) in [6, 6.07) is 0. The van der Waals surface area contributed by atoms with E-state index in [0.29, 0.717) is 0 Å². The van der Waals surface area contributed by atoms with Crippen LogP contribution in [0.4, 0.5) is 5.13 Å². The Hall–Kier alpha value is -1.14. The molecule has 1 aromatic heterocycles. The van der Waals surface area contributed by atoms with Crippen molar-refractivity contribution in [2.24, 2.45) is 0 Å². The van der Waals surface area contributed by atoms with Gasteiger partial charge in [0, 0.05) is 25.6 Å². The second-order valence-electron chi connectivity index (χ2n) is 5.05. The van der Waals surface area contributed by atoms with E-state index in [9.17, 15) is 4.79 Å². The fraction of sp³-hybridized carbons (Fsp3) is 0.692. The number of hydrogen-bond donors (Lipinski definition) is 0. The molecule has 0 aromatic carbocycles. The Morgan fingerprint density at radius 3 is 3.05 bits per heavy atom. The van der Waals surface area contributed by atoms with E-state index in [1.807, 2.05) is 5.38 Å². The summed E-state index contributed by atoms with van der Waals surface area (Å²) in [5, 5.41) is 2.88. The van der Waals surface area contributed by atoms with E-state index in [4.69, 9.17) is 4.74 Å².